The van der Waals surface area contributed by atoms with Gasteiger partial charge >= 0.3 is 6.09 Å². The van der Waals surface area contributed by atoms with Crippen LogP contribution in [0.5, 0.6) is 0 Å². The van der Waals surface area contributed by atoms with Crippen LogP contribution in [0.15, 0.2) is 23.1 Å². The summed E-state index contributed by atoms with van der Waals surface area (Å²) in [5, 5.41) is 0. The molecule has 1 aromatic rings. The summed E-state index contributed by atoms with van der Waals surface area (Å²) >= 11 is 1.82. The maximum Gasteiger partial charge on any atom is 0.410 e. The van der Waals surface area contributed by atoms with Crippen LogP contribution in [0.1, 0.15) is 43.6 Å². The molecule has 0 spiro atoms. The minimum absolute atomic E-state index is 0.0620. The average molecular weight is 321 g/mol. The number of ether oxygens (including phenoxy) is 1. The molecule has 0 bridgehead atoms. The first-order valence-corrected chi connectivity index (χ1v) is 8.43. The van der Waals surface area contributed by atoms with Crippen LogP contribution in [-0.4, -0.2) is 41.2 Å². The van der Waals surface area contributed by atoms with E-state index < -0.39 is 17.7 Å². The number of nitrogens with zero attached hydrogens (tertiary/aromatic N) is 1. The Morgan fingerprint density at radius 3 is 2.64 bits per heavy atom. The molecule has 0 fully saturated rings. The molecule has 22 heavy (non-hydrogen) atoms. The van der Waals surface area contributed by atoms with Crippen LogP contribution >= 0.6 is 11.8 Å². The van der Waals surface area contributed by atoms with E-state index in [4.69, 9.17) is 4.74 Å². The number of likely N-dealkylation sites (N-methyl/N-ethyl adjacent to an activating group) is 1. The Kier molecular flexibility index (Phi) is 4.85. The highest BCUT2D eigenvalue weighted by Gasteiger charge is 2.28. The van der Waals surface area contributed by atoms with Crippen molar-refractivity contribution in [2.24, 2.45) is 0 Å². The highest BCUT2D eigenvalue weighted by molar-refractivity contribution is 7.99. The van der Waals surface area contributed by atoms with E-state index in [1.165, 1.54) is 15.4 Å². The van der Waals surface area contributed by atoms with E-state index in [0.29, 0.717) is 5.56 Å². The number of carbonyl (C=O) groups excluding carboxylic acids is 2. The van der Waals surface area contributed by atoms with Crippen molar-refractivity contribution in [3.8, 4) is 0 Å². The Bertz CT molecular complexity index is 592. The Balaban J connectivity index is 2.10. The molecule has 1 aliphatic heterocycles. The first kappa shape index (κ1) is 16.9. The molecule has 4 nitrogen and oxygen atoms in total. The Morgan fingerprint density at radius 1 is 1.32 bits per heavy atom. The second-order valence-corrected chi connectivity index (χ2v) is 7.69. The maximum absolute atomic E-state index is 12.6. The normalized spacial score (nSPS) is 15.1. The van der Waals surface area contributed by atoms with Crippen molar-refractivity contribution in [2.75, 3.05) is 12.8 Å². The first-order valence-electron chi connectivity index (χ1n) is 7.45. The lowest BCUT2D eigenvalue weighted by Crippen LogP contribution is -2.43. The zero-order valence-electron chi connectivity index (χ0n) is 13.8. The maximum atomic E-state index is 12.6. The molecule has 1 aromatic carbocycles. The van der Waals surface area contributed by atoms with Gasteiger partial charge in [-0.05, 0) is 51.8 Å². The number of ketones is 1. The smallest absolute Gasteiger partial charge is 0.410 e. The van der Waals surface area contributed by atoms with Crippen molar-refractivity contribution in [3.63, 3.8) is 0 Å². The summed E-state index contributed by atoms with van der Waals surface area (Å²) in [4.78, 5) is 27.3. The van der Waals surface area contributed by atoms with Gasteiger partial charge in [0, 0.05) is 23.3 Å². The Hall–Kier alpha value is -1.49. The van der Waals surface area contributed by atoms with Crippen molar-refractivity contribution < 1.29 is 14.3 Å². The predicted molar refractivity (Wildman–Crippen MR) is 88.7 cm³/mol. The van der Waals surface area contributed by atoms with Gasteiger partial charge in [-0.25, -0.2) is 4.79 Å². The largest absolute Gasteiger partial charge is 0.444 e. The number of rotatable bonds is 3. The van der Waals surface area contributed by atoms with Crippen LogP contribution in [0.3, 0.4) is 0 Å². The van der Waals surface area contributed by atoms with Gasteiger partial charge in [0.2, 0.25) is 0 Å². The van der Waals surface area contributed by atoms with Gasteiger partial charge in [0.05, 0.1) is 6.04 Å². The van der Waals surface area contributed by atoms with Gasteiger partial charge in [-0.3, -0.25) is 4.79 Å². The number of fused-ring (bicyclic) bond motifs is 1. The number of amides is 1. The van der Waals surface area contributed by atoms with Crippen molar-refractivity contribution in [2.45, 2.75) is 50.7 Å². The minimum atomic E-state index is -0.571. The molecule has 1 aliphatic rings. The average Bonchev–Trinajstić information content (AvgIpc) is 2.90. The molecule has 5 heteroatoms. The number of aryl methyl sites for hydroxylation is 1. The second kappa shape index (κ2) is 6.32. The van der Waals surface area contributed by atoms with Gasteiger partial charge in [0.1, 0.15) is 5.60 Å². The van der Waals surface area contributed by atoms with Crippen LogP contribution in [0, 0.1) is 0 Å². The number of hydrogen-bond donors (Lipinski definition) is 0. The lowest BCUT2D eigenvalue weighted by atomic mass is 10.0. The summed E-state index contributed by atoms with van der Waals surface area (Å²) in [5.41, 5.74) is 1.31. The third-order valence-electron chi connectivity index (χ3n) is 3.62. The number of benzene rings is 1. The third kappa shape index (κ3) is 3.83. The fourth-order valence-electron chi connectivity index (χ4n) is 2.25. The van der Waals surface area contributed by atoms with Crippen LogP contribution in [0.4, 0.5) is 4.79 Å². The molecule has 1 amide bonds. The third-order valence-corrected chi connectivity index (χ3v) is 4.73. The Morgan fingerprint density at radius 2 is 2.00 bits per heavy atom. The van der Waals surface area contributed by atoms with Gasteiger partial charge in [0.15, 0.2) is 5.78 Å². The van der Waals surface area contributed by atoms with E-state index in [1.807, 2.05) is 50.7 Å². The SMILES string of the molecule is CC(C(=O)c1ccc2c(c1)CCS2)N(C)C(=O)OC(C)(C)C. The van der Waals surface area contributed by atoms with E-state index in [1.54, 1.807) is 14.0 Å². The molecular formula is C17H23NO3S. The van der Waals surface area contributed by atoms with Crippen LogP contribution in [0.2, 0.25) is 0 Å². The highest BCUT2D eigenvalue weighted by Crippen LogP contribution is 2.32. The van der Waals surface area contributed by atoms with Crippen LogP contribution in [0.25, 0.3) is 0 Å². The van der Waals surface area contributed by atoms with Gasteiger partial charge in [-0.2, -0.15) is 0 Å². The van der Waals surface area contributed by atoms with Crippen molar-refractivity contribution in [1.29, 1.82) is 0 Å². The zero-order chi connectivity index (χ0) is 16.5. The van der Waals surface area contributed by atoms with Crippen molar-refractivity contribution >= 4 is 23.6 Å². The van der Waals surface area contributed by atoms with Crippen LogP contribution < -0.4 is 0 Å². The summed E-state index contributed by atoms with van der Waals surface area (Å²) in [5.74, 6) is 1.01. The van der Waals surface area contributed by atoms with Crippen molar-refractivity contribution in [1.82, 2.24) is 4.90 Å². The summed E-state index contributed by atoms with van der Waals surface area (Å²) in [7, 11) is 1.60. The summed E-state index contributed by atoms with van der Waals surface area (Å²) in [6.07, 6.45) is 0.516. The number of hydrogen-bond acceptors (Lipinski definition) is 4. The summed E-state index contributed by atoms with van der Waals surface area (Å²) in [6.45, 7) is 7.16. The molecule has 0 aliphatic carbocycles. The Labute approximate surface area is 136 Å². The molecule has 0 aromatic heterocycles. The summed E-state index contributed by atoms with van der Waals surface area (Å²) in [6, 6.07) is 5.25. The highest BCUT2D eigenvalue weighted by atomic mass is 32.2. The fraction of sp³-hybridized carbons (Fsp3) is 0.529. The number of thioether (sulfide) groups is 1. The molecule has 2 rings (SSSR count). The lowest BCUT2D eigenvalue weighted by Gasteiger charge is -2.28. The minimum Gasteiger partial charge on any atom is -0.444 e. The lowest BCUT2D eigenvalue weighted by molar-refractivity contribution is 0.0231. The molecule has 1 heterocycles. The molecule has 0 radical (unpaired) electrons. The van der Waals surface area contributed by atoms with E-state index >= 15 is 0 Å². The van der Waals surface area contributed by atoms with Gasteiger partial charge < -0.3 is 9.64 Å². The molecule has 1 unspecified atom stereocenters. The molecule has 0 saturated carbocycles. The second-order valence-electron chi connectivity index (χ2n) is 6.55. The molecular weight excluding hydrogens is 298 g/mol. The van der Waals surface area contributed by atoms with E-state index in [-0.39, 0.29) is 5.78 Å². The van der Waals surface area contributed by atoms with E-state index in [0.717, 1.165) is 12.2 Å². The predicted octanol–water partition coefficient (Wildman–Crippen LogP) is 3.77. The quantitative estimate of drug-likeness (QED) is 0.795. The van der Waals surface area contributed by atoms with E-state index in [9.17, 15) is 9.59 Å². The number of Topliss-reactive ketones (excluding diaryl/α,β-unsaturated/α-hetero) is 1. The topological polar surface area (TPSA) is 46.6 Å². The molecule has 0 saturated heterocycles. The monoisotopic (exact) mass is 321 g/mol. The summed E-state index contributed by atoms with van der Waals surface area (Å²) < 4.78 is 5.31. The van der Waals surface area contributed by atoms with E-state index in [2.05, 4.69) is 0 Å². The first-order chi connectivity index (χ1) is 10.2. The van der Waals surface area contributed by atoms with Crippen molar-refractivity contribution in [3.05, 3.63) is 29.3 Å². The van der Waals surface area contributed by atoms with Gasteiger partial charge in [0.25, 0.3) is 0 Å². The standard InChI is InChI=1S/C17H23NO3S/c1-11(18(5)16(20)21-17(2,3)4)15(19)13-6-7-14-12(10-13)8-9-22-14/h6-7,10-11H,8-9H2,1-5H3. The van der Waals surface area contributed by atoms with Gasteiger partial charge in [-0.1, -0.05) is 6.07 Å². The fourth-order valence-corrected chi connectivity index (χ4v) is 3.30. The molecule has 120 valence electrons. The molecule has 1 atom stereocenters. The molecule has 0 N–H and O–H groups in total. The number of carbonyl (C=O) groups is 2. The van der Waals surface area contributed by atoms with Crippen LogP contribution in [-0.2, 0) is 11.2 Å². The zero-order valence-corrected chi connectivity index (χ0v) is 14.6. The van der Waals surface area contributed by atoms with Gasteiger partial charge in [-0.15, -0.1) is 11.8 Å².